The minimum absolute atomic E-state index is 0.0244. The van der Waals surface area contributed by atoms with Gasteiger partial charge in [0.05, 0.1) is 0 Å². The van der Waals surface area contributed by atoms with Crippen molar-refractivity contribution in [3.8, 4) is 0 Å². The third-order valence-corrected chi connectivity index (χ3v) is 4.71. The summed E-state index contributed by atoms with van der Waals surface area (Å²) >= 11 is 5.98. The van der Waals surface area contributed by atoms with Crippen molar-refractivity contribution in [2.45, 2.75) is 48.0 Å². The Morgan fingerprint density at radius 1 is 1.22 bits per heavy atom. The van der Waals surface area contributed by atoms with Gasteiger partial charge in [-0.05, 0) is 39.6 Å². The Morgan fingerprint density at radius 3 is 1.94 bits per heavy atom. The van der Waals surface area contributed by atoms with Gasteiger partial charge in [-0.25, -0.2) is 4.57 Å². The second-order valence-electron chi connectivity index (χ2n) is 6.56. The fourth-order valence-electron chi connectivity index (χ4n) is 1.36. The normalized spacial score (nSPS) is 14.8. The molecule has 0 aliphatic heterocycles. The molecule has 0 unspecified atom stereocenters. The highest BCUT2D eigenvalue weighted by Crippen LogP contribution is 2.52. The maximum absolute atomic E-state index is 10.9. The van der Waals surface area contributed by atoms with Crippen molar-refractivity contribution in [2.75, 3.05) is 0 Å². The standard InChI is InChI=1S/C12H23O3PS2/c1-11(2,3)7-9(8-18-16(13,14)15)10(17)12(4,5)6/h8H,7H2,1-6H3,(H2,13,14,15). The molecule has 0 radical (unpaired) electrons. The highest BCUT2D eigenvalue weighted by Gasteiger charge is 2.25. The van der Waals surface area contributed by atoms with Crippen LogP contribution in [-0.2, 0) is 4.57 Å². The molecule has 18 heavy (non-hydrogen) atoms. The van der Waals surface area contributed by atoms with E-state index in [1.54, 1.807) is 0 Å². The van der Waals surface area contributed by atoms with Gasteiger partial charge in [-0.2, -0.15) is 0 Å². The molecule has 0 rings (SSSR count). The SMILES string of the molecule is CC(C)(C)CC(=CSP(=O)(O)O)C(=S)C(C)(C)C. The Bertz CT molecular complexity index is 383. The van der Waals surface area contributed by atoms with Crippen LogP contribution in [0.5, 0.6) is 0 Å². The first kappa shape index (κ1) is 18.3. The fourth-order valence-corrected chi connectivity index (χ4v) is 2.83. The Morgan fingerprint density at radius 2 is 1.67 bits per heavy atom. The summed E-state index contributed by atoms with van der Waals surface area (Å²) in [4.78, 5) is 18.6. The Labute approximate surface area is 119 Å². The molecule has 0 aliphatic rings. The molecule has 2 N–H and O–H groups in total. The average molecular weight is 310 g/mol. The molecule has 6 heteroatoms. The van der Waals surface area contributed by atoms with Gasteiger partial charge < -0.3 is 9.79 Å². The third-order valence-electron chi connectivity index (χ3n) is 2.03. The van der Waals surface area contributed by atoms with Gasteiger partial charge in [0.25, 0.3) is 0 Å². The summed E-state index contributed by atoms with van der Waals surface area (Å²) in [6.07, 6.45) is 0.704. The fraction of sp³-hybridized carbons (Fsp3) is 0.750. The molecule has 0 bridgehead atoms. The molecular formula is C12H23O3PS2. The van der Waals surface area contributed by atoms with Gasteiger partial charge in [0, 0.05) is 4.86 Å². The summed E-state index contributed by atoms with van der Waals surface area (Å²) in [5.41, 5.74) is 0.691. The third kappa shape index (κ3) is 8.44. The van der Waals surface area contributed by atoms with Crippen LogP contribution < -0.4 is 0 Å². The van der Waals surface area contributed by atoms with E-state index in [2.05, 4.69) is 20.8 Å². The lowest BCUT2D eigenvalue weighted by atomic mass is 9.81. The van der Waals surface area contributed by atoms with Crippen LogP contribution in [0.2, 0.25) is 0 Å². The first-order valence-corrected chi connectivity index (χ1v) is 9.21. The Kier molecular flexibility index (Phi) is 6.30. The topological polar surface area (TPSA) is 57.5 Å². The average Bonchev–Trinajstić information content (AvgIpc) is 2.06. The molecule has 0 saturated heterocycles. The lowest BCUT2D eigenvalue weighted by Crippen LogP contribution is -2.22. The zero-order valence-electron chi connectivity index (χ0n) is 11.9. The minimum Gasteiger partial charge on any atom is -0.316 e. The molecule has 0 saturated carbocycles. The molecule has 0 amide bonds. The second-order valence-corrected chi connectivity index (χ2v) is 10.5. The van der Waals surface area contributed by atoms with E-state index >= 15 is 0 Å². The highest BCUT2D eigenvalue weighted by atomic mass is 32.7. The van der Waals surface area contributed by atoms with Gasteiger partial charge >= 0.3 is 6.80 Å². The van der Waals surface area contributed by atoms with Crippen molar-refractivity contribution in [1.82, 2.24) is 0 Å². The zero-order chi connectivity index (χ0) is 14.8. The van der Waals surface area contributed by atoms with Crippen LogP contribution in [0.1, 0.15) is 48.0 Å². The molecule has 0 aliphatic carbocycles. The van der Waals surface area contributed by atoms with Gasteiger partial charge in [0.15, 0.2) is 0 Å². The van der Waals surface area contributed by atoms with E-state index in [4.69, 9.17) is 22.0 Å². The molecular weight excluding hydrogens is 287 g/mol. The summed E-state index contributed by atoms with van der Waals surface area (Å²) in [5.74, 6) is 0. The van der Waals surface area contributed by atoms with Crippen molar-refractivity contribution in [3.05, 3.63) is 11.0 Å². The first-order valence-electron chi connectivity index (χ1n) is 5.70. The van der Waals surface area contributed by atoms with E-state index < -0.39 is 6.80 Å². The van der Waals surface area contributed by atoms with E-state index in [0.29, 0.717) is 17.8 Å². The van der Waals surface area contributed by atoms with E-state index in [9.17, 15) is 4.57 Å². The van der Waals surface area contributed by atoms with E-state index in [0.717, 1.165) is 10.4 Å². The largest absolute Gasteiger partial charge is 0.388 e. The summed E-state index contributed by atoms with van der Waals surface area (Å²) in [7, 11) is 0. The van der Waals surface area contributed by atoms with Crippen LogP contribution in [0, 0.1) is 10.8 Å². The van der Waals surface area contributed by atoms with Crippen LogP contribution >= 0.6 is 30.4 Å². The van der Waals surface area contributed by atoms with Gasteiger partial charge in [-0.15, -0.1) is 0 Å². The molecule has 0 aromatic heterocycles. The molecule has 0 fully saturated rings. The lowest BCUT2D eigenvalue weighted by molar-refractivity contribution is 0.397. The first-order chi connectivity index (χ1) is 7.72. The highest BCUT2D eigenvalue weighted by molar-refractivity contribution is 8.56. The van der Waals surface area contributed by atoms with Gasteiger partial charge in [-0.1, -0.05) is 53.8 Å². The zero-order valence-corrected chi connectivity index (χ0v) is 14.4. The van der Waals surface area contributed by atoms with Crippen LogP contribution in [0.15, 0.2) is 11.0 Å². The quantitative estimate of drug-likeness (QED) is 0.453. The molecule has 0 spiro atoms. The van der Waals surface area contributed by atoms with Gasteiger partial charge in [-0.3, -0.25) is 0 Å². The van der Waals surface area contributed by atoms with Gasteiger partial charge in [0.2, 0.25) is 0 Å². The van der Waals surface area contributed by atoms with Crippen molar-refractivity contribution < 1.29 is 14.4 Å². The van der Waals surface area contributed by atoms with Crippen molar-refractivity contribution in [3.63, 3.8) is 0 Å². The maximum Gasteiger partial charge on any atom is 0.388 e. The number of rotatable bonds is 4. The molecule has 0 heterocycles. The number of thiocarbonyl (C=S) groups is 1. The van der Waals surface area contributed by atoms with E-state index in [1.165, 1.54) is 5.41 Å². The molecule has 0 aromatic rings. The van der Waals surface area contributed by atoms with Crippen molar-refractivity contribution in [2.24, 2.45) is 10.8 Å². The van der Waals surface area contributed by atoms with Crippen molar-refractivity contribution in [1.29, 1.82) is 0 Å². The van der Waals surface area contributed by atoms with Crippen LogP contribution in [-0.4, -0.2) is 14.7 Å². The molecule has 106 valence electrons. The van der Waals surface area contributed by atoms with Crippen molar-refractivity contribution >= 4 is 35.3 Å². The second kappa shape index (κ2) is 6.19. The molecule has 3 nitrogen and oxygen atoms in total. The number of hydrogen-bond acceptors (Lipinski definition) is 3. The maximum atomic E-state index is 10.9. The lowest BCUT2D eigenvalue weighted by Gasteiger charge is -2.27. The predicted octanol–water partition coefficient (Wildman–Crippen LogP) is 4.55. The van der Waals surface area contributed by atoms with E-state index in [1.807, 2.05) is 20.8 Å². The molecule has 0 atom stereocenters. The Balaban J connectivity index is 5.20. The summed E-state index contributed by atoms with van der Waals surface area (Å²) in [6, 6.07) is 0. The molecule has 0 aromatic carbocycles. The number of hydrogen-bond donors (Lipinski definition) is 2. The minimum atomic E-state index is -4.10. The number of allylic oxidation sites excluding steroid dienone is 1. The van der Waals surface area contributed by atoms with Crippen LogP contribution in [0.25, 0.3) is 0 Å². The predicted molar refractivity (Wildman–Crippen MR) is 83.8 cm³/mol. The van der Waals surface area contributed by atoms with Crippen LogP contribution in [0.4, 0.5) is 0 Å². The Hall–Kier alpha value is 0.330. The summed E-state index contributed by atoms with van der Waals surface area (Å²) in [6.45, 7) is 8.16. The smallest absolute Gasteiger partial charge is 0.316 e. The summed E-state index contributed by atoms with van der Waals surface area (Å²) in [5, 5.41) is 1.53. The monoisotopic (exact) mass is 310 g/mol. The van der Waals surface area contributed by atoms with Crippen LogP contribution in [0.3, 0.4) is 0 Å². The van der Waals surface area contributed by atoms with E-state index in [-0.39, 0.29) is 10.8 Å². The summed E-state index contributed by atoms with van der Waals surface area (Å²) < 4.78 is 10.9. The van der Waals surface area contributed by atoms with Gasteiger partial charge in [0.1, 0.15) is 0 Å².